The zero-order valence-corrected chi connectivity index (χ0v) is 23.8. The van der Waals surface area contributed by atoms with E-state index in [2.05, 4.69) is 65.1 Å². The highest BCUT2D eigenvalue weighted by Crippen LogP contribution is 2.67. The van der Waals surface area contributed by atoms with Crippen molar-refractivity contribution < 1.29 is 5.11 Å². The average molecular weight is 485 g/mol. The molecule has 1 aromatic heterocycles. The third-order valence-corrected chi connectivity index (χ3v) is 11.7. The van der Waals surface area contributed by atoms with E-state index >= 15 is 0 Å². The smallest absolute Gasteiger partial charge is 0.0577 e. The van der Waals surface area contributed by atoms with Gasteiger partial charge < -0.3 is 5.11 Å². The van der Waals surface area contributed by atoms with Gasteiger partial charge in [-0.3, -0.25) is 0 Å². The molecule has 0 spiro atoms. The Labute approximate surface area is 214 Å². The Balaban J connectivity index is 0.000000398. The van der Waals surface area contributed by atoms with Gasteiger partial charge in [-0.05, 0) is 116 Å². The van der Waals surface area contributed by atoms with Crippen LogP contribution in [0.2, 0.25) is 0 Å². The highest BCUT2D eigenvalue weighted by atomic mass is 32.1. The normalized spacial score (nSPS) is 39.9. The third-order valence-electron chi connectivity index (χ3n) is 10.9. The van der Waals surface area contributed by atoms with Gasteiger partial charge in [-0.15, -0.1) is 11.3 Å². The van der Waals surface area contributed by atoms with Crippen molar-refractivity contribution in [1.82, 2.24) is 0 Å². The fourth-order valence-electron chi connectivity index (χ4n) is 9.03. The van der Waals surface area contributed by atoms with Crippen molar-refractivity contribution in [3.8, 4) is 0 Å². The first-order valence-corrected chi connectivity index (χ1v) is 15.4. The Morgan fingerprint density at radius 2 is 1.82 bits per heavy atom. The third kappa shape index (κ3) is 5.24. The molecule has 34 heavy (non-hydrogen) atoms. The lowest BCUT2D eigenvalue weighted by Gasteiger charge is -2.58. The Bertz CT molecular complexity index is 809. The predicted octanol–water partition coefficient (Wildman–Crippen LogP) is 9.45. The number of rotatable bonds is 5. The fourth-order valence-corrected chi connectivity index (χ4v) is 9.56. The lowest BCUT2D eigenvalue weighted by atomic mass is 9.47. The second-order valence-electron chi connectivity index (χ2n) is 13.4. The topological polar surface area (TPSA) is 20.2 Å². The Morgan fingerprint density at radius 1 is 1.03 bits per heavy atom. The monoisotopic (exact) mass is 484 g/mol. The molecule has 3 fully saturated rings. The number of hydrogen-bond acceptors (Lipinski definition) is 2. The molecule has 4 aliphatic rings. The first-order valence-electron chi connectivity index (χ1n) is 14.5. The number of aliphatic hydroxyl groups excluding tert-OH is 1. The van der Waals surface area contributed by atoms with Gasteiger partial charge in [0.1, 0.15) is 0 Å². The maximum Gasteiger partial charge on any atom is 0.0577 e. The quantitative estimate of drug-likeness (QED) is 0.413. The summed E-state index contributed by atoms with van der Waals surface area (Å²) >= 11 is 1.78. The molecule has 1 aromatic rings. The van der Waals surface area contributed by atoms with Crippen LogP contribution in [0.4, 0.5) is 0 Å². The molecule has 1 N–H and O–H groups in total. The summed E-state index contributed by atoms with van der Waals surface area (Å²) in [7, 11) is 0. The summed E-state index contributed by atoms with van der Waals surface area (Å²) in [6.45, 7) is 14.7. The van der Waals surface area contributed by atoms with E-state index in [1.54, 1.807) is 16.9 Å². The maximum atomic E-state index is 10.2. The van der Waals surface area contributed by atoms with E-state index < -0.39 is 0 Å². The van der Waals surface area contributed by atoms with Crippen LogP contribution in [-0.2, 0) is 0 Å². The lowest BCUT2D eigenvalue weighted by molar-refractivity contribution is -0.0573. The predicted molar refractivity (Wildman–Crippen MR) is 148 cm³/mol. The lowest BCUT2D eigenvalue weighted by Crippen LogP contribution is -2.50. The summed E-state index contributed by atoms with van der Waals surface area (Å²) in [4.78, 5) is 1.38. The SMILES string of the molecule is CC(C)CCCC(C)[C@H]1CC[C@H]2[C@@H]3CC=C4C[C@@H](O)CC[C@]4(C)[C@H]3CC[C@]12C.Cc1cccs1. The van der Waals surface area contributed by atoms with Gasteiger partial charge in [0, 0.05) is 4.88 Å². The molecular formula is C32H52OS. The highest BCUT2D eigenvalue weighted by Gasteiger charge is 2.59. The van der Waals surface area contributed by atoms with Crippen molar-refractivity contribution in [2.45, 2.75) is 118 Å². The first-order chi connectivity index (χ1) is 16.1. The number of fused-ring (bicyclic) bond motifs is 5. The molecule has 0 aromatic carbocycles. The van der Waals surface area contributed by atoms with Crippen molar-refractivity contribution >= 4 is 11.3 Å². The summed E-state index contributed by atoms with van der Waals surface area (Å²) < 4.78 is 0. The molecule has 0 bridgehead atoms. The van der Waals surface area contributed by atoms with Gasteiger partial charge >= 0.3 is 0 Å². The van der Waals surface area contributed by atoms with E-state index in [-0.39, 0.29) is 6.10 Å². The minimum Gasteiger partial charge on any atom is -0.393 e. The van der Waals surface area contributed by atoms with Crippen LogP contribution in [0.1, 0.15) is 110 Å². The Morgan fingerprint density at radius 3 is 2.47 bits per heavy atom. The van der Waals surface area contributed by atoms with Gasteiger partial charge in [0.05, 0.1) is 6.10 Å². The molecule has 4 aliphatic carbocycles. The van der Waals surface area contributed by atoms with Gasteiger partial charge in [0.25, 0.3) is 0 Å². The Hall–Kier alpha value is -0.600. The highest BCUT2D eigenvalue weighted by molar-refractivity contribution is 7.09. The summed E-state index contributed by atoms with van der Waals surface area (Å²) in [5.41, 5.74) is 2.60. The van der Waals surface area contributed by atoms with Crippen molar-refractivity contribution in [3.63, 3.8) is 0 Å². The van der Waals surface area contributed by atoms with Gasteiger partial charge in [-0.1, -0.05) is 71.6 Å². The molecule has 0 radical (unpaired) electrons. The summed E-state index contributed by atoms with van der Waals surface area (Å²) in [6.07, 6.45) is 17.2. The molecule has 2 heteroatoms. The summed E-state index contributed by atoms with van der Waals surface area (Å²) in [5, 5.41) is 12.3. The fraction of sp³-hybridized carbons (Fsp3) is 0.812. The van der Waals surface area contributed by atoms with E-state index in [1.165, 1.54) is 62.7 Å². The molecule has 8 atom stereocenters. The van der Waals surface area contributed by atoms with Gasteiger partial charge in [-0.25, -0.2) is 0 Å². The first kappa shape index (κ1) is 26.5. The number of thiophene rings is 1. The minimum atomic E-state index is -0.0766. The number of allylic oxidation sites excluding steroid dienone is 1. The zero-order chi connectivity index (χ0) is 24.5. The second kappa shape index (κ2) is 10.8. The van der Waals surface area contributed by atoms with Crippen LogP contribution in [-0.4, -0.2) is 11.2 Å². The number of aryl methyl sites for hydroxylation is 1. The molecule has 0 saturated heterocycles. The van der Waals surface area contributed by atoms with Gasteiger partial charge in [-0.2, -0.15) is 0 Å². The van der Waals surface area contributed by atoms with Crippen LogP contribution in [0.15, 0.2) is 29.2 Å². The molecule has 192 valence electrons. The molecule has 0 amide bonds. The molecule has 1 heterocycles. The van der Waals surface area contributed by atoms with Crippen LogP contribution >= 0.6 is 11.3 Å². The number of hydrogen-bond donors (Lipinski definition) is 1. The molecular weight excluding hydrogens is 432 g/mol. The van der Waals surface area contributed by atoms with Crippen LogP contribution in [0, 0.1) is 53.3 Å². The molecule has 1 nitrogen and oxygen atoms in total. The van der Waals surface area contributed by atoms with E-state index in [0.717, 1.165) is 48.3 Å². The summed E-state index contributed by atoms with van der Waals surface area (Å²) in [5.74, 6) is 5.46. The largest absolute Gasteiger partial charge is 0.393 e. The summed E-state index contributed by atoms with van der Waals surface area (Å²) in [6, 6.07) is 4.16. The van der Waals surface area contributed by atoms with E-state index in [4.69, 9.17) is 0 Å². The molecule has 3 saturated carbocycles. The van der Waals surface area contributed by atoms with Crippen molar-refractivity contribution in [3.05, 3.63) is 34.0 Å². The standard InChI is InChI=1S/C27H46O.C5H6S/c1-18(2)7-6-8-19(3)23-11-12-24-22-10-9-20-17-21(28)13-15-26(20,4)25(22)14-16-27(23,24)5;1-5-3-2-4-6-5/h9,18-19,21-25,28H,6-8,10-17H2,1-5H3;2-4H,1H3/t19?,21-,22-,23+,24-,25-,26-,27+;/m0./s1. The molecule has 0 aliphatic heterocycles. The average Bonchev–Trinajstić information content (AvgIpc) is 3.40. The minimum absolute atomic E-state index is 0.0766. The molecule has 5 rings (SSSR count). The zero-order valence-electron chi connectivity index (χ0n) is 23.0. The van der Waals surface area contributed by atoms with Crippen molar-refractivity contribution in [2.24, 2.45) is 46.3 Å². The molecule has 1 unspecified atom stereocenters. The number of aliphatic hydroxyl groups is 1. The maximum absolute atomic E-state index is 10.2. The van der Waals surface area contributed by atoms with E-state index in [9.17, 15) is 5.11 Å². The van der Waals surface area contributed by atoms with Crippen LogP contribution < -0.4 is 0 Å². The van der Waals surface area contributed by atoms with Crippen LogP contribution in [0.3, 0.4) is 0 Å². The van der Waals surface area contributed by atoms with Crippen LogP contribution in [0.5, 0.6) is 0 Å². The second-order valence-corrected chi connectivity index (χ2v) is 14.6. The van der Waals surface area contributed by atoms with E-state index in [1.807, 2.05) is 0 Å². The van der Waals surface area contributed by atoms with E-state index in [0.29, 0.717) is 10.8 Å². The van der Waals surface area contributed by atoms with Crippen LogP contribution in [0.25, 0.3) is 0 Å². The van der Waals surface area contributed by atoms with Gasteiger partial charge in [0.15, 0.2) is 0 Å². The van der Waals surface area contributed by atoms with Gasteiger partial charge in [0.2, 0.25) is 0 Å². The van der Waals surface area contributed by atoms with Crippen molar-refractivity contribution in [2.75, 3.05) is 0 Å². The Kier molecular flexibility index (Phi) is 8.40. The van der Waals surface area contributed by atoms with Crippen molar-refractivity contribution in [1.29, 1.82) is 0 Å².